The molecule has 0 aromatic carbocycles. The van der Waals surface area contributed by atoms with Crippen LogP contribution in [0.1, 0.15) is 25.7 Å². The van der Waals surface area contributed by atoms with Gasteiger partial charge in [0.05, 0.1) is 6.42 Å². The van der Waals surface area contributed by atoms with Crippen molar-refractivity contribution in [1.82, 2.24) is 0 Å². The first kappa shape index (κ1) is 7.10. The molecule has 0 saturated heterocycles. The van der Waals surface area contributed by atoms with E-state index < -0.39 is 5.97 Å². The second-order valence-electron chi connectivity index (χ2n) is 3.94. The Morgan fingerprint density at radius 3 is 2.82 bits per heavy atom. The fourth-order valence-electron chi connectivity index (χ4n) is 2.41. The molecule has 0 aliphatic heterocycles. The number of rotatable bonds is 2. The molecule has 3 heteroatoms. The Hall–Kier alpha value is -0.570. The van der Waals surface area contributed by atoms with E-state index in [1.807, 2.05) is 0 Å². The maximum Gasteiger partial charge on any atom is 0.305 e. The van der Waals surface area contributed by atoms with E-state index in [4.69, 9.17) is 10.8 Å². The molecule has 0 aromatic heterocycles. The van der Waals surface area contributed by atoms with Gasteiger partial charge < -0.3 is 10.8 Å². The van der Waals surface area contributed by atoms with Gasteiger partial charge in [0.1, 0.15) is 0 Å². The van der Waals surface area contributed by atoms with E-state index in [9.17, 15) is 4.79 Å². The van der Waals surface area contributed by atoms with Crippen LogP contribution in [0.3, 0.4) is 0 Å². The van der Waals surface area contributed by atoms with Crippen molar-refractivity contribution in [3.63, 3.8) is 0 Å². The molecule has 0 aromatic rings. The number of carboxylic acids is 1. The quantitative estimate of drug-likeness (QED) is 0.613. The van der Waals surface area contributed by atoms with Gasteiger partial charge in [-0.1, -0.05) is 0 Å². The van der Waals surface area contributed by atoms with E-state index >= 15 is 0 Å². The standard InChI is InChI=1S/C8H13NO2/c9-8(4-7(10)11)2-1-5-3-6(5)8/h5-6H,1-4,9H2,(H,10,11)/t5-,6+,8?/m0/s1. The second-order valence-corrected chi connectivity index (χ2v) is 3.94. The molecule has 2 aliphatic carbocycles. The minimum Gasteiger partial charge on any atom is -0.481 e. The average molecular weight is 155 g/mol. The highest BCUT2D eigenvalue weighted by Gasteiger charge is 2.56. The number of fused-ring (bicyclic) bond motifs is 1. The van der Waals surface area contributed by atoms with Crippen molar-refractivity contribution >= 4 is 5.97 Å². The highest BCUT2D eigenvalue weighted by molar-refractivity contribution is 5.68. The minimum absolute atomic E-state index is 0.161. The monoisotopic (exact) mass is 155 g/mol. The first-order chi connectivity index (χ1) is 5.12. The zero-order valence-electron chi connectivity index (χ0n) is 6.42. The number of carboxylic acid groups (broad SMARTS) is 1. The molecule has 3 nitrogen and oxygen atoms in total. The smallest absolute Gasteiger partial charge is 0.305 e. The molecule has 1 unspecified atom stereocenters. The van der Waals surface area contributed by atoms with Gasteiger partial charge in [0.2, 0.25) is 0 Å². The van der Waals surface area contributed by atoms with Crippen LogP contribution in [0.2, 0.25) is 0 Å². The lowest BCUT2D eigenvalue weighted by atomic mass is 9.91. The Kier molecular flexibility index (Phi) is 1.27. The second kappa shape index (κ2) is 1.97. The van der Waals surface area contributed by atoms with Gasteiger partial charge in [0, 0.05) is 5.54 Å². The zero-order chi connectivity index (χ0) is 8.06. The summed E-state index contributed by atoms with van der Waals surface area (Å²) in [6, 6.07) is 0. The lowest BCUT2D eigenvalue weighted by Crippen LogP contribution is -2.42. The minimum atomic E-state index is -0.750. The maximum atomic E-state index is 10.4. The Balaban J connectivity index is 2.04. The van der Waals surface area contributed by atoms with E-state index in [0.29, 0.717) is 5.92 Å². The third-order valence-electron chi connectivity index (χ3n) is 3.12. The summed E-state index contributed by atoms with van der Waals surface area (Å²) in [4.78, 5) is 10.4. The van der Waals surface area contributed by atoms with Gasteiger partial charge in [-0.05, 0) is 31.1 Å². The van der Waals surface area contributed by atoms with Crippen LogP contribution in [0.5, 0.6) is 0 Å². The molecule has 0 bridgehead atoms. The molecular weight excluding hydrogens is 142 g/mol. The molecule has 0 amide bonds. The van der Waals surface area contributed by atoms with Crippen LogP contribution in [-0.4, -0.2) is 16.6 Å². The van der Waals surface area contributed by atoms with Crippen LogP contribution in [0.15, 0.2) is 0 Å². The Bertz CT molecular complexity index is 204. The fraction of sp³-hybridized carbons (Fsp3) is 0.875. The van der Waals surface area contributed by atoms with Gasteiger partial charge in [0.15, 0.2) is 0 Å². The van der Waals surface area contributed by atoms with Crippen molar-refractivity contribution in [3.8, 4) is 0 Å². The fourth-order valence-corrected chi connectivity index (χ4v) is 2.41. The lowest BCUT2D eigenvalue weighted by Gasteiger charge is -2.23. The number of nitrogens with two attached hydrogens (primary N) is 1. The number of aliphatic carboxylic acids is 1. The number of carbonyl (C=O) groups is 1. The molecule has 2 fully saturated rings. The van der Waals surface area contributed by atoms with Crippen LogP contribution in [-0.2, 0) is 4.79 Å². The molecule has 3 atom stereocenters. The van der Waals surface area contributed by atoms with Gasteiger partial charge in [-0.2, -0.15) is 0 Å². The topological polar surface area (TPSA) is 63.3 Å². The van der Waals surface area contributed by atoms with Gasteiger partial charge in [-0.25, -0.2) is 0 Å². The highest BCUT2D eigenvalue weighted by atomic mass is 16.4. The SMILES string of the molecule is NC1(CC(=O)O)CC[C@H]2C[C@H]21. The van der Waals surface area contributed by atoms with E-state index in [1.54, 1.807) is 0 Å². The first-order valence-corrected chi connectivity index (χ1v) is 4.12. The summed E-state index contributed by atoms with van der Waals surface area (Å²) in [6.07, 6.45) is 3.39. The summed E-state index contributed by atoms with van der Waals surface area (Å²) < 4.78 is 0. The molecule has 0 heterocycles. The van der Waals surface area contributed by atoms with Crippen LogP contribution >= 0.6 is 0 Å². The van der Waals surface area contributed by atoms with Crippen molar-refractivity contribution in [1.29, 1.82) is 0 Å². The molecule has 0 radical (unpaired) electrons. The summed E-state index contributed by atoms with van der Waals surface area (Å²) in [7, 11) is 0. The van der Waals surface area contributed by atoms with Crippen molar-refractivity contribution in [3.05, 3.63) is 0 Å². The number of hydrogen-bond acceptors (Lipinski definition) is 2. The van der Waals surface area contributed by atoms with Crippen molar-refractivity contribution < 1.29 is 9.90 Å². The van der Waals surface area contributed by atoms with E-state index in [2.05, 4.69) is 0 Å². The summed E-state index contributed by atoms with van der Waals surface area (Å²) in [5, 5.41) is 8.60. The third kappa shape index (κ3) is 1.03. The van der Waals surface area contributed by atoms with E-state index in [1.165, 1.54) is 6.42 Å². The van der Waals surface area contributed by atoms with Crippen LogP contribution in [0.4, 0.5) is 0 Å². The molecule has 3 N–H and O–H groups in total. The predicted molar refractivity (Wildman–Crippen MR) is 40.0 cm³/mol. The average Bonchev–Trinajstić information content (AvgIpc) is 2.55. The van der Waals surface area contributed by atoms with Crippen LogP contribution in [0, 0.1) is 11.8 Å². The van der Waals surface area contributed by atoms with Gasteiger partial charge in [-0.15, -0.1) is 0 Å². The maximum absolute atomic E-state index is 10.4. The van der Waals surface area contributed by atoms with Crippen LogP contribution < -0.4 is 5.73 Å². The van der Waals surface area contributed by atoms with Crippen molar-refractivity contribution in [2.75, 3.05) is 0 Å². The Labute approximate surface area is 65.6 Å². The largest absolute Gasteiger partial charge is 0.481 e. The molecular formula is C8H13NO2. The Morgan fingerprint density at radius 1 is 1.73 bits per heavy atom. The molecule has 2 aliphatic rings. The molecule has 2 rings (SSSR count). The first-order valence-electron chi connectivity index (χ1n) is 4.12. The van der Waals surface area contributed by atoms with Gasteiger partial charge in [-0.3, -0.25) is 4.79 Å². The molecule has 0 spiro atoms. The highest BCUT2D eigenvalue weighted by Crippen LogP contribution is 2.57. The lowest BCUT2D eigenvalue weighted by molar-refractivity contribution is -0.138. The van der Waals surface area contributed by atoms with E-state index in [-0.39, 0.29) is 12.0 Å². The normalized spacial score (nSPS) is 47.0. The number of hydrogen-bond donors (Lipinski definition) is 2. The van der Waals surface area contributed by atoms with Gasteiger partial charge >= 0.3 is 5.97 Å². The summed E-state index contributed by atoms with van der Waals surface area (Å²) in [5.74, 6) is 0.540. The summed E-state index contributed by atoms with van der Waals surface area (Å²) in [5.41, 5.74) is 5.61. The Morgan fingerprint density at radius 2 is 2.45 bits per heavy atom. The summed E-state index contributed by atoms with van der Waals surface area (Å²) in [6.45, 7) is 0. The van der Waals surface area contributed by atoms with E-state index in [0.717, 1.165) is 18.8 Å². The predicted octanol–water partition coefficient (Wildman–Crippen LogP) is 0.588. The van der Waals surface area contributed by atoms with Crippen molar-refractivity contribution in [2.24, 2.45) is 17.6 Å². The van der Waals surface area contributed by atoms with Crippen molar-refractivity contribution in [2.45, 2.75) is 31.2 Å². The summed E-state index contributed by atoms with van der Waals surface area (Å²) >= 11 is 0. The van der Waals surface area contributed by atoms with Gasteiger partial charge in [0.25, 0.3) is 0 Å². The van der Waals surface area contributed by atoms with Crippen LogP contribution in [0.25, 0.3) is 0 Å². The zero-order valence-corrected chi connectivity index (χ0v) is 6.42. The molecule has 2 saturated carbocycles. The third-order valence-corrected chi connectivity index (χ3v) is 3.12. The molecule has 62 valence electrons. The molecule has 11 heavy (non-hydrogen) atoms.